The molecule has 0 aromatic carbocycles. The number of aliphatic hydroxyl groups excluding tert-OH is 8. The van der Waals surface area contributed by atoms with Crippen molar-refractivity contribution in [2.75, 3.05) is 19.8 Å². The lowest BCUT2D eigenvalue weighted by Gasteiger charge is -2.46. The first-order chi connectivity index (χ1) is 35.6. The average Bonchev–Trinajstić information content (AvgIpc) is 3.39. The van der Waals surface area contributed by atoms with Gasteiger partial charge in [0, 0.05) is 6.42 Å². The molecule has 0 spiro atoms. The van der Waals surface area contributed by atoms with Crippen LogP contribution < -0.4 is 5.32 Å². The summed E-state index contributed by atoms with van der Waals surface area (Å²) in [5.41, 5.74) is 0. The Morgan fingerprint density at radius 2 is 0.945 bits per heavy atom. The molecule has 418 valence electrons. The molecule has 2 rings (SSSR count). The molecule has 2 aliphatic rings. The molecule has 2 heterocycles. The van der Waals surface area contributed by atoms with Crippen LogP contribution in [0.15, 0.2) is 97.2 Å². The molecule has 2 fully saturated rings. The van der Waals surface area contributed by atoms with Gasteiger partial charge in [-0.25, -0.2) is 0 Å². The number of aliphatic hydroxyl groups is 8. The fourth-order valence-electron chi connectivity index (χ4n) is 8.50. The average molecular weight is 1030 g/mol. The third kappa shape index (κ3) is 30.3. The maximum absolute atomic E-state index is 13.2. The molecule has 0 aromatic rings. The summed E-state index contributed by atoms with van der Waals surface area (Å²) in [5.74, 6) is -0.276. The normalized spacial score (nSPS) is 26.2. The van der Waals surface area contributed by atoms with Gasteiger partial charge in [0.25, 0.3) is 0 Å². The lowest BCUT2D eigenvalue weighted by atomic mass is 9.97. The number of carbonyl (C=O) groups excluding carboxylic acids is 1. The Morgan fingerprint density at radius 1 is 0.507 bits per heavy atom. The SMILES string of the molecule is CC/C=C\C/C=C\C/C=C\C/C=C\C/C=C\C/C=C\C/C=C\CCCCCC(=O)NC(COC1OC(CO)C(OC2OC(CO)C(O)C(O)C2O)C(O)C1O)C(O)/C=C/CCCCCCCCCCCCCC. The first-order valence-corrected chi connectivity index (χ1v) is 28.0. The van der Waals surface area contributed by atoms with E-state index in [2.05, 4.69) is 104 Å². The minimum atomic E-state index is -1.80. The summed E-state index contributed by atoms with van der Waals surface area (Å²) in [6.45, 7) is 2.63. The molecule has 2 aliphatic heterocycles. The number of allylic oxidation sites excluding steroid dienone is 15. The van der Waals surface area contributed by atoms with Gasteiger partial charge in [-0.05, 0) is 77.0 Å². The maximum atomic E-state index is 13.2. The van der Waals surface area contributed by atoms with Gasteiger partial charge in [-0.1, -0.05) is 188 Å². The second-order valence-corrected chi connectivity index (χ2v) is 19.3. The molecule has 9 N–H and O–H groups in total. The lowest BCUT2D eigenvalue weighted by Crippen LogP contribution is -2.65. The van der Waals surface area contributed by atoms with E-state index in [0.717, 1.165) is 89.9 Å². The Hall–Kier alpha value is -3.09. The Balaban J connectivity index is 1.81. The Morgan fingerprint density at radius 3 is 1.45 bits per heavy atom. The smallest absolute Gasteiger partial charge is 0.220 e. The molecule has 2 saturated heterocycles. The zero-order valence-electron chi connectivity index (χ0n) is 44.6. The van der Waals surface area contributed by atoms with Crippen molar-refractivity contribution in [2.24, 2.45) is 0 Å². The van der Waals surface area contributed by atoms with Gasteiger partial charge in [-0.2, -0.15) is 0 Å². The van der Waals surface area contributed by atoms with E-state index in [1.807, 2.05) is 6.08 Å². The van der Waals surface area contributed by atoms with Crippen molar-refractivity contribution in [3.05, 3.63) is 97.2 Å². The molecule has 12 unspecified atom stereocenters. The van der Waals surface area contributed by atoms with Crippen molar-refractivity contribution < 1.29 is 64.6 Å². The molecular weight excluding hydrogens is 931 g/mol. The van der Waals surface area contributed by atoms with Crippen molar-refractivity contribution in [2.45, 2.75) is 248 Å². The number of hydrogen-bond donors (Lipinski definition) is 9. The lowest BCUT2D eigenvalue weighted by molar-refractivity contribution is -0.359. The van der Waals surface area contributed by atoms with Gasteiger partial charge in [0.05, 0.1) is 32.0 Å². The molecule has 0 saturated carbocycles. The van der Waals surface area contributed by atoms with Crippen molar-refractivity contribution in [1.29, 1.82) is 0 Å². The van der Waals surface area contributed by atoms with E-state index in [9.17, 15) is 45.6 Å². The molecule has 14 nitrogen and oxygen atoms in total. The van der Waals surface area contributed by atoms with Crippen LogP contribution >= 0.6 is 0 Å². The van der Waals surface area contributed by atoms with E-state index in [1.54, 1.807) is 6.08 Å². The van der Waals surface area contributed by atoms with Crippen molar-refractivity contribution in [3.63, 3.8) is 0 Å². The van der Waals surface area contributed by atoms with Crippen LogP contribution in [0, 0.1) is 0 Å². The van der Waals surface area contributed by atoms with Gasteiger partial charge >= 0.3 is 0 Å². The summed E-state index contributed by atoms with van der Waals surface area (Å²) in [4.78, 5) is 13.2. The topological polar surface area (TPSA) is 228 Å². The van der Waals surface area contributed by atoms with Crippen molar-refractivity contribution in [3.8, 4) is 0 Å². The predicted octanol–water partition coefficient (Wildman–Crippen LogP) is 8.71. The van der Waals surface area contributed by atoms with Gasteiger partial charge in [-0.15, -0.1) is 0 Å². The van der Waals surface area contributed by atoms with Crippen LogP contribution in [0.4, 0.5) is 0 Å². The van der Waals surface area contributed by atoms with Gasteiger partial charge in [0.15, 0.2) is 12.6 Å². The van der Waals surface area contributed by atoms with Crippen molar-refractivity contribution >= 4 is 5.91 Å². The zero-order chi connectivity index (χ0) is 53.2. The highest BCUT2D eigenvalue weighted by atomic mass is 16.7. The number of amides is 1. The predicted molar refractivity (Wildman–Crippen MR) is 290 cm³/mol. The second-order valence-electron chi connectivity index (χ2n) is 19.3. The van der Waals surface area contributed by atoms with E-state index in [0.29, 0.717) is 6.42 Å². The monoisotopic (exact) mass is 1030 g/mol. The van der Waals surface area contributed by atoms with Crippen LogP contribution in [0.1, 0.15) is 174 Å². The minimum Gasteiger partial charge on any atom is -0.394 e. The molecule has 14 heteroatoms. The molecule has 12 atom stereocenters. The number of unbranched alkanes of at least 4 members (excludes halogenated alkanes) is 15. The van der Waals surface area contributed by atoms with Gasteiger partial charge in [-0.3, -0.25) is 4.79 Å². The summed E-state index contributed by atoms with van der Waals surface area (Å²) in [6.07, 6.45) is 42.9. The third-order valence-electron chi connectivity index (χ3n) is 13.0. The number of hydrogen-bond acceptors (Lipinski definition) is 13. The fourth-order valence-corrected chi connectivity index (χ4v) is 8.50. The first-order valence-electron chi connectivity index (χ1n) is 28.0. The summed E-state index contributed by atoms with van der Waals surface area (Å²) in [6, 6.07) is -0.939. The largest absolute Gasteiger partial charge is 0.394 e. The summed E-state index contributed by atoms with van der Waals surface area (Å²) in [5, 5.41) is 86.9. The molecule has 0 bridgehead atoms. The minimum absolute atomic E-state index is 0.235. The number of carbonyl (C=O) groups is 1. The van der Waals surface area contributed by atoms with Crippen LogP contribution in [0.25, 0.3) is 0 Å². The first kappa shape index (κ1) is 66.0. The van der Waals surface area contributed by atoms with E-state index in [1.165, 1.54) is 57.8 Å². The highest BCUT2D eigenvalue weighted by Crippen LogP contribution is 2.30. The van der Waals surface area contributed by atoms with Crippen LogP contribution in [0.3, 0.4) is 0 Å². The van der Waals surface area contributed by atoms with E-state index in [-0.39, 0.29) is 18.9 Å². The van der Waals surface area contributed by atoms with Gasteiger partial charge in [0.2, 0.25) is 5.91 Å². The zero-order valence-corrected chi connectivity index (χ0v) is 44.6. The number of rotatable bonds is 42. The molecule has 1 amide bonds. The van der Waals surface area contributed by atoms with Crippen LogP contribution in [0.2, 0.25) is 0 Å². The Labute approximate surface area is 439 Å². The quantitative estimate of drug-likeness (QED) is 0.0206. The number of ether oxygens (including phenoxy) is 4. The summed E-state index contributed by atoms with van der Waals surface area (Å²) < 4.78 is 22.7. The fraction of sp³-hybridized carbons (Fsp3) is 0.712. The number of nitrogens with one attached hydrogen (secondary N) is 1. The van der Waals surface area contributed by atoms with Crippen molar-refractivity contribution in [1.82, 2.24) is 5.32 Å². The standard InChI is InChI=1S/C59H99NO13/c1-3-5-7-9-11-13-15-17-19-20-21-22-23-24-25-26-27-28-29-31-33-35-37-39-41-43-51(64)60-47(48(63)42-40-38-36-34-32-30-18-16-14-12-10-8-6-4-2)46-70-58-56(69)54(67)57(50(45-62)72-58)73-59-55(68)53(66)52(65)49(44-61)71-59/h5,7,11,13,17,19,21-22,24-25,27-28,31,33,40,42,47-50,52-59,61-63,65-69H,3-4,6,8-10,12,14-16,18,20,23,26,29-30,32,34-39,41,43-46H2,1-2H3,(H,60,64)/b7-5-,13-11-,19-17-,22-21-,25-24-,28-27-,33-31-,42-40+. The van der Waals surface area contributed by atoms with Crippen LogP contribution in [-0.2, 0) is 23.7 Å². The van der Waals surface area contributed by atoms with Gasteiger partial charge in [0.1, 0.15) is 48.8 Å². The molecule has 0 aliphatic carbocycles. The Bertz CT molecular complexity index is 1590. The summed E-state index contributed by atoms with van der Waals surface area (Å²) in [7, 11) is 0. The molecule has 0 aromatic heterocycles. The molecule has 0 radical (unpaired) electrons. The van der Waals surface area contributed by atoms with Crippen LogP contribution in [0.5, 0.6) is 0 Å². The van der Waals surface area contributed by atoms with Crippen LogP contribution in [-0.4, -0.2) is 140 Å². The highest BCUT2D eigenvalue weighted by Gasteiger charge is 2.51. The van der Waals surface area contributed by atoms with Gasteiger partial charge < -0.3 is 65.1 Å². The van der Waals surface area contributed by atoms with E-state index < -0.39 is 86.8 Å². The van der Waals surface area contributed by atoms with E-state index >= 15 is 0 Å². The van der Waals surface area contributed by atoms with E-state index in [4.69, 9.17) is 18.9 Å². The highest BCUT2D eigenvalue weighted by molar-refractivity contribution is 5.76. The molecular formula is C59H99NO13. The third-order valence-corrected chi connectivity index (χ3v) is 13.0. The maximum Gasteiger partial charge on any atom is 0.220 e. The molecule has 73 heavy (non-hydrogen) atoms. The second kappa shape index (κ2) is 44.1. The Kier molecular flexibility index (Phi) is 39.9. The summed E-state index contributed by atoms with van der Waals surface area (Å²) >= 11 is 0.